The van der Waals surface area contributed by atoms with E-state index in [0.717, 1.165) is 24.2 Å². The molecular weight excluding hydrogens is 374 g/mol. The second-order valence-electron chi connectivity index (χ2n) is 8.14. The van der Waals surface area contributed by atoms with E-state index in [1.807, 2.05) is 60.5 Å². The van der Waals surface area contributed by atoms with E-state index in [2.05, 4.69) is 6.07 Å². The second kappa shape index (κ2) is 10.7. The number of rotatable bonds is 8. The standard InChI is InChI=1S/C25H31N3O2/c1-28(21-8-4-2-5-9-21)25(29)15-12-19(18-26)16-20-17-23(13-14-24(20)27)30-22-10-6-3-7-11-22/h3,6-7,10-11,13-14,17,19,21H,2,4-5,8-9,12,15-16,27H2,1H3. The normalized spacial score (nSPS) is 15.2. The smallest absolute Gasteiger partial charge is 0.222 e. The molecule has 0 saturated heterocycles. The lowest BCUT2D eigenvalue weighted by atomic mass is 9.93. The van der Waals surface area contributed by atoms with Gasteiger partial charge in [0.05, 0.1) is 12.0 Å². The van der Waals surface area contributed by atoms with Crippen LogP contribution in [0.1, 0.15) is 50.5 Å². The Kier molecular flexibility index (Phi) is 7.73. The number of hydrogen-bond acceptors (Lipinski definition) is 4. The van der Waals surface area contributed by atoms with E-state index in [1.165, 1.54) is 19.3 Å². The van der Waals surface area contributed by atoms with Gasteiger partial charge in [0.1, 0.15) is 11.5 Å². The van der Waals surface area contributed by atoms with Crippen molar-refractivity contribution in [2.75, 3.05) is 12.8 Å². The number of carbonyl (C=O) groups excluding carboxylic acids is 1. The van der Waals surface area contributed by atoms with Crippen LogP contribution in [-0.2, 0) is 11.2 Å². The number of nitrogen functional groups attached to an aromatic ring is 1. The monoisotopic (exact) mass is 405 g/mol. The average Bonchev–Trinajstić information content (AvgIpc) is 2.79. The van der Waals surface area contributed by atoms with Gasteiger partial charge in [-0.3, -0.25) is 4.79 Å². The molecule has 1 aliphatic rings. The largest absolute Gasteiger partial charge is 0.457 e. The van der Waals surface area contributed by atoms with Gasteiger partial charge in [0.15, 0.2) is 0 Å². The Morgan fingerprint density at radius 3 is 2.60 bits per heavy atom. The molecular formula is C25H31N3O2. The number of nitrogens with zero attached hydrogens (tertiary/aromatic N) is 2. The number of nitriles is 1. The number of para-hydroxylation sites is 1. The van der Waals surface area contributed by atoms with Crippen molar-refractivity contribution >= 4 is 11.6 Å². The molecule has 158 valence electrons. The van der Waals surface area contributed by atoms with Gasteiger partial charge in [-0.05, 0) is 61.6 Å². The summed E-state index contributed by atoms with van der Waals surface area (Å²) in [6.07, 6.45) is 7.29. The molecule has 2 N–H and O–H groups in total. The highest BCUT2D eigenvalue weighted by Gasteiger charge is 2.23. The van der Waals surface area contributed by atoms with Crippen LogP contribution in [0.3, 0.4) is 0 Å². The molecule has 0 aromatic heterocycles. The van der Waals surface area contributed by atoms with E-state index < -0.39 is 0 Å². The summed E-state index contributed by atoms with van der Waals surface area (Å²) >= 11 is 0. The third-order valence-corrected chi connectivity index (χ3v) is 5.96. The van der Waals surface area contributed by atoms with Crippen molar-refractivity contribution < 1.29 is 9.53 Å². The maximum Gasteiger partial charge on any atom is 0.222 e. The zero-order chi connectivity index (χ0) is 21.3. The van der Waals surface area contributed by atoms with Crippen molar-refractivity contribution in [3.05, 3.63) is 54.1 Å². The third-order valence-electron chi connectivity index (χ3n) is 5.96. The highest BCUT2D eigenvalue weighted by molar-refractivity contribution is 5.76. The van der Waals surface area contributed by atoms with Crippen LogP contribution in [0.15, 0.2) is 48.5 Å². The van der Waals surface area contributed by atoms with Crippen molar-refractivity contribution in [3.8, 4) is 17.6 Å². The van der Waals surface area contributed by atoms with Crippen LogP contribution in [0, 0.1) is 17.2 Å². The van der Waals surface area contributed by atoms with Crippen LogP contribution < -0.4 is 10.5 Å². The summed E-state index contributed by atoms with van der Waals surface area (Å²) in [6.45, 7) is 0. The first kappa shape index (κ1) is 21.7. The zero-order valence-electron chi connectivity index (χ0n) is 17.7. The molecule has 2 aromatic carbocycles. The van der Waals surface area contributed by atoms with Crippen LogP contribution in [0.2, 0.25) is 0 Å². The Labute approximate surface area is 179 Å². The molecule has 1 unspecified atom stereocenters. The Morgan fingerprint density at radius 1 is 1.17 bits per heavy atom. The predicted octanol–water partition coefficient (Wildman–Crippen LogP) is 5.31. The molecule has 2 aromatic rings. The van der Waals surface area contributed by atoms with Crippen LogP contribution in [0.25, 0.3) is 0 Å². The van der Waals surface area contributed by atoms with E-state index in [9.17, 15) is 10.1 Å². The molecule has 0 bridgehead atoms. The van der Waals surface area contributed by atoms with Gasteiger partial charge < -0.3 is 15.4 Å². The molecule has 5 heteroatoms. The number of ether oxygens (including phenoxy) is 1. The summed E-state index contributed by atoms with van der Waals surface area (Å²) in [6, 6.07) is 17.8. The molecule has 1 amide bonds. The van der Waals surface area contributed by atoms with Crippen molar-refractivity contribution in [3.63, 3.8) is 0 Å². The fourth-order valence-corrected chi connectivity index (χ4v) is 4.07. The van der Waals surface area contributed by atoms with E-state index in [1.54, 1.807) is 0 Å². The van der Waals surface area contributed by atoms with Gasteiger partial charge in [-0.2, -0.15) is 5.26 Å². The van der Waals surface area contributed by atoms with Gasteiger partial charge in [-0.15, -0.1) is 0 Å². The highest BCUT2D eigenvalue weighted by Crippen LogP contribution is 2.28. The van der Waals surface area contributed by atoms with Crippen LogP contribution in [0.4, 0.5) is 5.69 Å². The Bertz CT molecular complexity index is 870. The highest BCUT2D eigenvalue weighted by atomic mass is 16.5. The lowest BCUT2D eigenvalue weighted by Crippen LogP contribution is -2.38. The third kappa shape index (κ3) is 6.00. The predicted molar refractivity (Wildman–Crippen MR) is 119 cm³/mol. The summed E-state index contributed by atoms with van der Waals surface area (Å²) in [5.74, 6) is 1.32. The quantitative estimate of drug-likeness (QED) is 0.603. The molecule has 0 spiro atoms. The van der Waals surface area contributed by atoms with Crippen LogP contribution >= 0.6 is 0 Å². The second-order valence-corrected chi connectivity index (χ2v) is 8.14. The lowest BCUT2D eigenvalue weighted by Gasteiger charge is -2.31. The van der Waals surface area contributed by atoms with Crippen molar-refractivity contribution in [1.29, 1.82) is 5.26 Å². The number of anilines is 1. The Hall–Kier alpha value is -3.00. The minimum atomic E-state index is -0.261. The number of nitrogens with two attached hydrogens (primary N) is 1. The van der Waals surface area contributed by atoms with E-state index in [-0.39, 0.29) is 11.8 Å². The maximum absolute atomic E-state index is 12.6. The van der Waals surface area contributed by atoms with E-state index >= 15 is 0 Å². The minimum Gasteiger partial charge on any atom is -0.457 e. The number of hydrogen-bond donors (Lipinski definition) is 1. The first-order valence-corrected chi connectivity index (χ1v) is 10.8. The molecule has 0 aliphatic heterocycles. The molecule has 1 saturated carbocycles. The average molecular weight is 406 g/mol. The molecule has 1 fully saturated rings. The minimum absolute atomic E-state index is 0.135. The Morgan fingerprint density at radius 2 is 1.90 bits per heavy atom. The van der Waals surface area contributed by atoms with Crippen LogP contribution in [-0.4, -0.2) is 23.9 Å². The fraction of sp³-hybridized carbons (Fsp3) is 0.440. The van der Waals surface area contributed by atoms with Crippen molar-refractivity contribution in [2.24, 2.45) is 5.92 Å². The molecule has 0 heterocycles. The summed E-state index contributed by atoms with van der Waals surface area (Å²) in [5.41, 5.74) is 7.67. The maximum atomic E-state index is 12.6. The summed E-state index contributed by atoms with van der Waals surface area (Å²) in [7, 11) is 1.90. The van der Waals surface area contributed by atoms with Crippen LogP contribution in [0.5, 0.6) is 11.5 Å². The first-order chi connectivity index (χ1) is 14.6. The van der Waals surface area contributed by atoms with E-state index in [4.69, 9.17) is 10.5 Å². The van der Waals surface area contributed by atoms with Gasteiger partial charge in [0.2, 0.25) is 5.91 Å². The van der Waals surface area contributed by atoms with Gasteiger partial charge >= 0.3 is 0 Å². The molecule has 5 nitrogen and oxygen atoms in total. The molecule has 0 radical (unpaired) electrons. The fourth-order valence-electron chi connectivity index (χ4n) is 4.07. The van der Waals surface area contributed by atoms with Gasteiger partial charge in [0, 0.05) is 25.2 Å². The summed E-state index contributed by atoms with van der Waals surface area (Å²) in [5, 5.41) is 9.64. The lowest BCUT2D eigenvalue weighted by molar-refractivity contribution is -0.132. The molecule has 3 rings (SSSR count). The molecule has 1 aliphatic carbocycles. The van der Waals surface area contributed by atoms with Crippen molar-refractivity contribution in [1.82, 2.24) is 4.90 Å². The summed E-state index contributed by atoms with van der Waals surface area (Å²) in [4.78, 5) is 14.5. The zero-order valence-corrected chi connectivity index (χ0v) is 17.7. The first-order valence-electron chi connectivity index (χ1n) is 10.8. The number of amides is 1. The number of carbonyl (C=O) groups is 1. The SMILES string of the molecule is CN(C(=O)CCC(C#N)Cc1cc(Oc2ccccc2)ccc1N)C1CCCCC1. The summed E-state index contributed by atoms with van der Waals surface area (Å²) < 4.78 is 5.89. The Balaban J connectivity index is 1.57. The topological polar surface area (TPSA) is 79.3 Å². The number of benzene rings is 2. The van der Waals surface area contributed by atoms with E-state index in [0.29, 0.717) is 36.7 Å². The van der Waals surface area contributed by atoms with Gasteiger partial charge in [0.25, 0.3) is 0 Å². The van der Waals surface area contributed by atoms with Gasteiger partial charge in [-0.25, -0.2) is 0 Å². The van der Waals surface area contributed by atoms with Crippen molar-refractivity contribution in [2.45, 2.75) is 57.4 Å². The van der Waals surface area contributed by atoms with Gasteiger partial charge in [-0.1, -0.05) is 37.5 Å². The molecule has 30 heavy (non-hydrogen) atoms. The molecule has 1 atom stereocenters.